The Morgan fingerprint density at radius 1 is 1.73 bits per heavy atom. The number of carbonyl (C=O) groups excluding carboxylic acids is 1. The minimum absolute atomic E-state index is 0.164. The molecule has 1 atom stereocenters. The molecule has 0 aromatic heterocycles. The molecule has 1 N–H and O–H groups in total. The first kappa shape index (κ1) is 12.8. The molecule has 0 bridgehead atoms. The smallest absolute Gasteiger partial charge is 0.223 e. The van der Waals surface area contributed by atoms with Gasteiger partial charge in [0.25, 0.3) is 0 Å². The number of amides is 1. The third-order valence-electron chi connectivity index (χ3n) is 2.35. The molecule has 1 aliphatic heterocycles. The van der Waals surface area contributed by atoms with Crippen molar-refractivity contribution in [2.75, 3.05) is 13.1 Å². The second kappa shape index (κ2) is 6.33. The van der Waals surface area contributed by atoms with Crippen molar-refractivity contribution in [3.05, 3.63) is 0 Å². The maximum atomic E-state index is 11.5. The fourth-order valence-electron chi connectivity index (χ4n) is 1.54. The van der Waals surface area contributed by atoms with E-state index in [1.807, 2.05) is 11.8 Å². The molecule has 1 rings (SSSR count). The lowest BCUT2D eigenvalue weighted by molar-refractivity contribution is -0.128. The van der Waals surface area contributed by atoms with Crippen LogP contribution >= 0.6 is 24.0 Å². The summed E-state index contributed by atoms with van der Waals surface area (Å²) in [5.41, 5.74) is 0. The summed E-state index contributed by atoms with van der Waals surface area (Å²) >= 11 is 6.75. The van der Waals surface area contributed by atoms with E-state index in [1.165, 1.54) is 0 Å². The standard InChI is InChI=1S/C10H18N2OS2/c1-3-6-11-10(14)15-8(2)12-7-4-5-9(12)13/h8H,3-7H2,1-2H3,(H,11,14)/t8-/m0/s1. The molecular formula is C10H18N2OS2. The number of thiocarbonyl (C=S) groups is 1. The predicted molar refractivity (Wildman–Crippen MR) is 68.9 cm³/mol. The van der Waals surface area contributed by atoms with Gasteiger partial charge in [0.1, 0.15) is 4.32 Å². The van der Waals surface area contributed by atoms with Gasteiger partial charge in [0.15, 0.2) is 0 Å². The third kappa shape index (κ3) is 3.99. The average molecular weight is 246 g/mol. The Morgan fingerprint density at radius 3 is 3.00 bits per heavy atom. The SMILES string of the molecule is CCCNC(=S)S[C@@H](C)N1CCCC1=O. The summed E-state index contributed by atoms with van der Waals surface area (Å²) in [6.45, 7) is 5.93. The summed E-state index contributed by atoms with van der Waals surface area (Å²) in [5.74, 6) is 0.258. The van der Waals surface area contributed by atoms with E-state index in [9.17, 15) is 4.79 Å². The number of nitrogens with one attached hydrogen (secondary N) is 1. The molecule has 0 aromatic rings. The predicted octanol–water partition coefficient (Wildman–Crippen LogP) is 1.97. The van der Waals surface area contributed by atoms with Gasteiger partial charge in [-0.2, -0.15) is 0 Å². The van der Waals surface area contributed by atoms with E-state index in [-0.39, 0.29) is 11.3 Å². The number of hydrogen-bond acceptors (Lipinski definition) is 3. The minimum Gasteiger partial charge on any atom is -0.371 e. The van der Waals surface area contributed by atoms with Gasteiger partial charge in [0.05, 0.1) is 5.37 Å². The highest BCUT2D eigenvalue weighted by molar-refractivity contribution is 8.23. The van der Waals surface area contributed by atoms with Crippen LogP contribution in [0.5, 0.6) is 0 Å². The average Bonchev–Trinajstić information content (AvgIpc) is 2.61. The van der Waals surface area contributed by atoms with Gasteiger partial charge in [-0.3, -0.25) is 4.79 Å². The van der Waals surface area contributed by atoms with Crippen molar-refractivity contribution in [2.24, 2.45) is 0 Å². The largest absolute Gasteiger partial charge is 0.371 e. The van der Waals surface area contributed by atoms with Gasteiger partial charge in [0, 0.05) is 19.5 Å². The molecule has 1 fully saturated rings. The third-order valence-corrected chi connectivity index (χ3v) is 3.73. The van der Waals surface area contributed by atoms with Crippen molar-refractivity contribution < 1.29 is 4.79 Å². The van der Waals surface area contributed by atoms with Crippen LogP contribution < -0.4 is 5.32 Å². The number of rotatable bonds is 4. The molecule has 5 heteroatoms. The van der Waals surface area contributed by atoms with Crippen LogP contribution in [-0.2, 0) is 4.79 Å². The van der Waals surface area contributed by atoms with E-state index < -0.39 is 0 Å². The lowest BCUT2D eigenvalue weighted by Crippen LogP contribution is -2.34. The summed E-state index contributed by atoms with van der Waals surface area (Å²) < 4.78 is 0.795. The maximum Gasteiger partial charge on any atom is 0.223 e. The number of nitrogens with zero attached hydrogens (tertiary/aromatic N) is 1. The van der Waals surface area contributed by atoms with E-state index in [0.717, 1.165) is 30.3 Å². The van der Waals surface area contributed by atoms with Gasteiger partial charge in [-0.15, -0.1) is 0 Å². The zero-order chi connectivity index (χ0) is 11.3. The van der Waals surface area contributed by atoms with Crippen LogP contribution in [0.1, 0.15) is 33.1 Å². The number of hydrogen-bond donors (Lipinski definition) is 1. The Bertz CT molecular complexity index is 246. The molecule has 0 radical (unpaired) electrons. The summed E-state index contributed by atoms with van der Waals surface area (Å²) in [5, 5.41) is 3.32. The molecule has 86 valence electrons. The summed E-state index contributed by atoms with van der Waals surface area (Å²) in [6.07, 6.45) is 2.75. The first-order valence-electron chi connectivity index (χ1n) is 5.39. The van der Waals surface area contributed by atoms with Crippen LogP contribution in [0.4, 0.5) is 0 Å². The van der Waals surface area contributed by atoms with E-state index >= 15 is 0 Å². The molecule has 1 saturated heterocycles. The van der Waals surface area contributed by atoms with Crippen LogP contribution in [0.15, 0.2) is 0 Å². The molecule has 0 unspecified atom stereocenters. The monoisotopic (exact) mass is 246 g/mol. The molecule has 15 heavy (non-hydrogen) atoms. The van der Waals surface area contributed by atoms with Crippen molar-refractivity contribution in [2.45, 2.75) is 38.5 Å². The molecule has 3 nitrogen and oxygen atoms in total. The number of thioether (sulfide) groups is 1. The van der Waals surface area contributed by atoms with E-state index in [0.29, 0.717) is 6.42 Å². The fourth-order valence-corrected chi connectivity index (χ4v) is 2.91. The molecule has 0 spiro atoms. The van der Waals surface area contributed by atoms with Crippen LogP contribution in [0.2, 0.25) is 0 Å². The Labute approximate surface area is 101 Å². The van der Waals surface area contributed by atoms with Crippen molar-refractivity contribution in [1.82, 2.24) is 10.2 Å². The van der Waals surface area contributed by atoms with Crippen molar-refractivity contribution >= 4 is 34.2 Å². The first-order chi connectivity index (χ1) is 7.15. The number of carbonyl (C=O) groups is 1. The maximum absolute atomic E-state index is 11.5. The van der Waals surface area contributed by atoms with Crippen LogP contribution in [0.3, 0.4) is 0 Å². The van der Waals surface area contributed by atoms with Gasteiger partial charge in [-0.25, -0.2) is 0 Å². The van der Waals surface area contributed by atoms with Gasteiger partial charge >= 0.3 is 0 Å². The highest BCUT2D eigenvalue weighted by Crippen LogP contribution is 2.21. The molecule has 1 heterocycles. The fraction of sp³-hybridized carbons (Fsp3) is 0.800. The lowest BCUT2D eigenvalue weighted by atomic mass is 10.4. The molecule has 1 amide bonds. The second-order valence-corrected chi connectivity index (χ2v) is 5.61. The van der Waals surface area contributed by atoms with E-state index in [4.69, 9.17) is 12.2 Å². The quantitative estimate of drug-likeness (QED) is 0.769. The normalized spacial score (nSPS) is 18.0. The van der Waals surface area contributed by atoms with Crippen LogP contribution in [0.25, 0.3) is 0 Å². The van der Waals surface area contributed by atoms with Crippen molar-refractivity contribution in [1.29, 1.82) is 0 Å². The molecule has 0 aromatic carbocycles. The minimum atomic E-state index is 0.164. The lowest BCUT2D eigenvalue weighted by Gasteiger charge is -2.23. The van der Waals surface area contributed by atoms with Gasteiger partial charge in [-0.1, -0.05) is 30.9 Å². The van der Waals surface area contributed by atoms with Gasteiger partial charge in [0.2, 0.25) is 5.91 Å². The second-order valence-electron chi connectivity index (χ2n) is 3.62. The van der Waals surface area contributed by atoms with Crippen molar-refractivity contribution in [3.63, 3.8) is 0 Å². The zero-order valence-electron chi connectivity index (χ0n) is 9.28. The summed E-state index contributed by atoms with van der Waals surface area (Å²) in [7, 11) is 0. The Hall–Kier alpha value is -0.290. The van der Waals surface area contributed by atoms with E-state index in [2.05, 4.69) is 12.2 Å². The molecular weight excluding hydrogens is 228 g/mol. The molecule has 0 saturated carbocycles. The Balaban J connectivity index is 2.31. The van der Waals surface area contributed by atoms with Crippen LogP contribution in [0, 0.1) is 0 Å². The summed E-state index contributed by atoms with van der Waals surface area (Å²) in [4.78, 5) is 13.4. The Kier molecular flexibility index (Phi) is 5.39. The zero-order valence-corrected chi connectivity index (χ0v) is 10.9. The molecule has 1 aliphatic rings. The van der Waals surface area contributed by atoms with E-state index in [1.54, 1.807) is 11.8 Å². The van der Waals surface area contributed by atoms with Gasteiger partial charge < -0.3 is 10.2 Å². The molecule has 0 aliphatic carbocycles. The first-order valence-corrected chi connectivity index (χ1v) is 6.68. The van der Waals surface area contributed by atoms with Crippen LogP contribution in [-0.4, -0.2) is 33.6 Å². The highest BCUT2D eigenvalue weighted by Gasteiger charge is 2.25. The van der Waals surface area contributed by atoms with Crippen molar-refractivity contribution in [3.8, 4) is 0 Å². The topological polar surface area (TPSA) is 32.3 Å². The number of likely N-dealkylation sites (tertiary alicyclic amines) is 1. The highest BCUT2D eigenvalue weighted by atomic mass is 32.2. The Morgan fingerprint density at radius 2 is 2.47 bits per heavy atom. The van der Waals surface area contributed by atoms with Gasteiger partial charge in [-0.05, 0) is 19.8 Å². The summed E-state index contributed by atoms with van der Waals surface area (Å²) in [6, 6.07) is 0.